The van der Waals surface area contributed by atoms with Crippen molar-refractivity contribution < 1.29 is 23.5 Å². The molecule has 1 aliphatic heterocycles. The molecule has 0 atom stereocenters. The van der Waals surface area contributed by atoms with Crippen LogP contribution in [0.15, 0.2) is 22.6 Å². The van der Waals surface area contributed by atoms with E-state index in [1.54, 1.807) is 19.2 Å². The predicted octanol–water partition coefficient (Wildman–Crippen LogP) is 3.28. The number of hydrogen-bond donors (Lipinski definition) is 1. The summed E-state index contributed by atoms with van der Waals surface area (Å²) in [5, 5.41) is 2.87. The van der Waals surface area contributed by atoms with Gasteiger partial charge in [-0.25, -0.2) is 4.98 Å². The van der Waals surface area contributed by atoms with Crippen molar-refractivity contribution >= 4 is 17.7 Å². The number of fused-ring (bicyclic) bond motifs is 1. The molecule has 0 saturated heterocycles. The molecule has 3 amide bonds. The normalized spacial score (nSPS) is 13.6. The number of methoxy groups -OCH3 is 1. The van der Waals surface area contributed by atoms with Crippen LogP contribution >= 0.6 is 0 Å². The van der Waals surface area contributed by atoms with Crippen LogP contribution in [-0.2, 0) is 16.6 Å². The Labute approximate surface area is 188 Å². The Morgan fingerprint density at radius 3 is 2.53 bits per heavy atom. The maximum atomic E-state index is 12.6. The quantitative estimate of drug-likeness (QED) is 0.473. The average molecular weight is 442 g/mol. The van der Waals surface area contributed by atoms with Gasteiger partial charge in [0.05, 0.1) is 16.8 Å². The molecule has 1 aliphatic rings. The minimum Gasteiger partial charge on any atom is -0.445 e. The van der Waals surface area contributed by atoms with Gasteiger partial charge < -0.3 is 14.5 Å². The number of aromatic nitrogens is 1. The fourth-order valence-electron chi connectivity index (χ4n) is 3.54. The number of rotatable bonds is 9. The molecule has 0 spiro atoms. The molecule has 32 heavy (non-hydrogen) atoms. The van der Waals surface area contributed by atoms with Crippen molar-refractivity contribution in [2.75, 3.05) is 26.8 Å². The summed E-state index contributed by atoms with van der Waals surface area (Å²) in [6.07, 6.45) is 1.93. The second-order valence-corrected chi connectivity index (χ2v) is 9.01. The minimum atomic E-state index is -0.369. The Morgan fingerprint density at radius 2 is 1.88 bits per heavy atom. The van der Waals surface area contributed by atoms with E-state index in [2.05, 4.69) is 31.1 Å². The molecule has 0 fully saturated rings. The first-order valence-corrected chi connectivity index (χ1v) is 10.9. The Morgan fingerprint density at radius 1 is 1.16 bits per heavy atom. The second-order valence-electron chi connectivity index (χ2n) is 9.01. The van der Waals surface area contributed by atoms with Crippen molar-refractivity contribution in [1.29, 1.82) is 0 Å². The summed E-state index contributed by atoms with van der Waals surface area (Å²) in [6, 6.07) is 4.62. The van der Waals surface area contributed by atoms with Crippen LogP contribution in [0, 0.1) is 6.92 Å². The van der Waals surface area contributed by atoms with Crippen LogP contribution in [-0.4, -0.2) is 54.4 Å². The van der Waals surface area contributed by atoms with E-state index < -0.39 is 0 Å². The van der Waals surface area contributed by atoms with Gasteiger partial charge in [0.2, 0.25) is 0 Å². The van der Waals surface area contributed by atoms with E-state index >= 15 is 0 Å². The number of nitrogens with zero attached hydrogens (tertiary/aromatic N) is 2. The highest BCUT2D eigenvalue weighted by molar-refractivity contribution is 6.22. The minimum absolute atomic E-state index is 0.150. The van der Waals surface area contributed by atoms with Crippen molar-refractivity contribution in [2.45, 2.75) is 52.4 Å². The number of benzene rings is 1. The predicted molar refractivity (Wildman–Crippen MR) is 119 cm³/mol. The molecule has 1 aromatic carbocycles. The van der Waals surface area contributed by atoms with Gasteiger partial charge in [0.1, 0.15) is 5.76 Å². The first-order chi connectivity index (χ1) is 15.1. The third-order valence-corrected chi connectivity index (χ3v) is 5.36. The summed E-state index contributed by atoms with van der Waals surface area (Å²) < 4.78 is 10.9. The zero-order chi connectivity index (χ0) is 23.5. The van der Waals surface area contributed by atoms with Gasteiger partial charge in [0.25, 0.3) is 17.7 Å². The van der Waals surface area contributed by atoms with E-state index in [1.165, 1.54) is 11.0 Å². The van der Waals surface area contributed by atoms with E-state index in [-0.39, 0.29) is 28.7 Å². The monoisotopic (exact) mass is 441 g/mol. The van der Waals surface area contributed by atoms with E-state index in [4.69, 9.17) is 9.15 Å². The van der Waals surface area contributed by atoms with Gasteiger partial charge in [0.15, 0.2) is 5.89 Å². The zero-order valence-corrected chi connectivity index (χ0v) is 19.4. The number of carbonyl (C=O) groups excluding carboxylic acids is 3. The number of carbonyl (C=O) groups is 3. The van der Waals surface area contributed by atoms with Gasteiger partial charge in [-0.05, 0) is 38.0 Å². The van der Waals surface area contributed by atoms with E-state index in [1.807, 2.05) is 6.92 Å². The van der Waals surface area contributed by atoms with Crippen molar-refractivity contribution in [1.82, 2.24) is 15.2 Å². The molecule has 172 valence electrons. The molecular formula is C24H31N3O5. The molecule has 3 rings (SSSR count). The highest BCUT2D eigenvalue weighted by Crippen LogP contribution is 2.25. The largest absolute Gasteiger partial charge is 0.445 e. The molecule has 8 nitrogen and oxygen atoms in total. The molecule has 0 aliphatic carbocycles. The molecule has 1 N–H and O–H groups in total. The average Bonchev–Trinajstić information content (AvgIpc) is 3.23. The Hall–Kier alpha value is -3.00. The summed E-state index contributed by atoms with van der Waals surface area (Å²) in [4.78, 5) is 43.3. The number of hydrogen-bond acceptors (Lipinski definition) is 6. The highest BCUT2D eigenvalue weighted by atomic mass is 16.5. The van der Waals surface area contributed by atoms with Crippen molar-refractivity contribution in [3.63, 3.8) is 0 Å². The van der Waals surface area contributed by atoms with Crippen LogP contribution in [0.25, 0.3) is 0 Å². The van der Waals surface area contributed by atoms with E-state index in [9.17, 15) is 14.4 Å². The second kappa shape index (κ2) is 9.65. The molecule has 1 aromatic heterocycles. The van der Waals surface area contributed by atoms with Crippen LogP contribution in [0.1, 0.15) is 82.0 Å². The zero-order valence-electron chi connectivity index (χ0n) is 19.4. The maximum absolute atomic E-state index is 12.6. The van der Waals surface area contributed by atoms with Crippen LogP contribution in [0.5, 0.6) is 0 Å². The molecule has 0 bridgehead atoms. The summed E-state index contributed by atoms with van der Waals surface area (Å²) in [7, 11) is 1.57. The highest BCUT2D eigenvalue weighted by Gasteiger charge is 2.35. The van der Waals surface area contributed by atoms with Gasteiger partial charge in [-0.1, -0.05) is 20.8 Å². The Balaban J connectivity index is 1.56. The number of oxazole rings is 1. The number of nitrogens with one attached hydrogen (secondary N) is 1. The van der Waals surface area contributed by atoms with E-state index in [0.717, 1.165) is 11.5 Å². The van der Waals surface area contributed by atoms with Crippen LogP contribution in [0.3, 0.4) is 0 Å². The van der Waals surface area contributed by atoms with Crippen molar-refractivity contribution in [3.05, 3.63) is 52.2 Å². The number of amides is 3. The Bertz CT molecular complexity index is 1020. The molecule has 0 unspecified atom stereocenters. The lowest BCUT2D eigenvalue weighted by atomic mass is 9.97. The summed E-state index contributed by atoms with van der Waals surface area (Å²) in [5.41, 5.74) is 1.68. The molecule has 2 heterocycles. The molecular weight excluding hydrogens is 410 g/mol. The van der Waals surface area contributed by atoms with Gasteiger partial charge in [-0.2, -0.15) is 0 Å². The summed E-state index contributed by atoms with van der Waals surface area (Å²) >= 11 is 0. The topological polar surface area (TPSA) is 102 Å². The molecule has 8 heteroatoms. The smallest absolute Gasteiger partial charge is 0.261 e. The SMILES string of the molecule is COCCCN1C(=O)c2ccc(C(=O)NCCCc3oc(C(C)(C)C)nc3C)cc2C1=O. The first kappa shape index (κ1) is 23.7. The Kier molecular flexibility index (Phi) is 7.13. The number of imide groups is 1. The lowest BCUT2D eigenvalue weighted by Gasteiger charge is -2.12. The maximum Gasteiger partial charge on any atom is 0.261 e. The summed E-state index contributed by atoms with van der Waals surface area (Å²) in [6.45, 7) is 9.29. The third kappa shape index (κ3) is 5.07. The number of ether oxygens (including phenoxy) is 1. The van der Waals surface area contributed by atoms with Gasteiger partial charge in [0, 0.05) is 44.2 Å². The van der Waals surface area contributed by atoms with Gasteiger partial charge >= 0.3 is 0 Å². The third-order valence-electron chi connectivity index (χ3n) is 5.36. The van der Waals surface area contributed by atoms with Crippen molar-refractivity contribution in [2.24, 2.45) is 0 Å². The molecule has 0 radical (unpaired) electrons. The van der Waals surface area contributed by atoms with Crippen molar-refractivity contribution in [3.8, 4) is 0 Å². The lowest BCUT2D eigenvalue weighted by Crippen LogP contribution is -2.31. The van der Waals surface area contributed by atoms with E-state index in [0.29, 0.717) is 56.0 Å². The summed E-state index contributed by atoms with van der Waals surface area (Å²) in [5.74, 6) is 0.564. The first-order valence-electron chi connectivity index (χ1n) is 10.9. The molecule has 0 saturated carbocycles. The van der Waals surface area contributed by atoms with Crippen LogP contribution < -0.4 is 5.32 Å². The lowest BCUT2D eigenvalue weighted by molar-refractivity contribution is 0.0638. The van der Waals surface area contributed by atoms with Crippen LogP contribution in [0.4, 0.5) is 0 Å². The van der Waals surface area contributed by atoms with Crippen LogP contribution in [0.2, 0.25) is 0 Å². The molecule has 2 aromatic rings. The standard InChI is InChI=1S/C24H31N3O5/c1-15-19(32-23(26-15)24(2,3)4)8-6-11-25-20(28)16-9-10-17-18(14-16)22(30)27(21(17)29)12-7-13-31-5/h9-10,14H,6-8,11-13H2,1-5H3,(H,25,28). The fraction of sp³-hybridized carbons (Fsp3) is 0.500. The van der Waals surface area contributed by atoms with Gasteiger partial charge in [-0.3, -0.25) is 19.3 Å². The number of aryl methyl sites for hydroxylation is 2. The fourth-order valence-corrected chi connectivity index (χ4v) is 3.54. The van der Waals surface area contributed by atoms with Gasteiger partial charge in [-0.15, -0.1) is 0 Å².